The molecule has 0 atom stereocenters. The van der Waals surface area contributed by atoms with Crippen LogP contribution in [0.1, 0.15) is 19.8 Å². The Morgan fingerprint density at radius 3 is 2.60 bits per heavy atom. The minimum Gasteiger partial charge on any atom is -0.395 e. The Bertz CT molecular complexity index is 275. The Labute approximate surface area is 91.5 Å². The first-order chi connectivity index (χ1) is 7.09. The first kappa shape index (κ1) is 12.9. The number of hydrogen-bond donors (Lipinski definition) is 2. The van der Waals surface area contributed by atoms with Gasteiger partial charge in [0.25, 0.3) is 0 Å². The Morgan fingerprint density at radius 1 is 1.47 bits per heavy atom. The van der Waals surface area contributed by atoms with Crippen molar-refractivity contribution in [2.24, 2.45) is 0 Å². The van der Waals surface area contributed by atoms with Gasteiger partial charge in [0.2, 0.25) is 10.0 Å². The van der Waals surface area contributed by atoms with Crippen LogP contribution in [0, 0.1) is 0 Å². The first-order valence-corrected chi connectivity index (χ1v) is 7.06. The quantitative estimate of drug-likeness (QED) is 0.589. The minimum atomic E-state index is -3.27. The fourth-order valence-corrected chi connectivity index (χ4v) is 2.36. The maximum atomic E-state index is 11.2. The van der Waals surface area contributed by atoms with E-state index in [0.717, 1.165) is 13.1 Å². The van der Waals surface area contributed by atoms with Crippen LogP contribution in [-0.2, 0) is 10.0 Å². The van der Waals surface area contributed by atoms with E-state index in [1.807, 2.05) is 0 Å². The maximum Gasteiger partial charge on any atom is 0.213 e. The summed E-state index contributed by atoms with van der Waals surface area (Å²) >= 11 is 0. The number of nitrogens with zero attached hydrogens (tertiary/aromatic N) is 1. The fourth-order valence-electron chi connectivity index (χ4n) is 1.58. The molecule has 0 unspecified atom stereocenters. The molecule has 1 rings (SSSR count). The highest BCUT2D eigenvalue weighted by Gasteiger charge is 2.27. The summed E-state index contributed by atoms with van der Waals surface area (Å²) in [6.07, 6.45) is 2.47. The van der Waals surface area contributed by atoms with E-state index in [4.69, 9.17) is 5.11 Å². The molecule has 1 saturated carbocycles. The summed E-state index contributed by atoms with van der Waals surface area (Å²) in [5, 5.41) is 8.53. The van der Waals surface area contributed by atoms with E-state index in [1.165, 1.54) is 12.8 Å². The average Bonchev–Trinajstić information content (AvgIpc) is 2.95. The van der Waals surface area contributed by atoms with Gasteiger partial charge in [0.1, 0.15) is 0 Å². The van der Waals surface area contributed by atoms with Gasteiger partial charge in [-0.15, -0.1) is 0 Å². The van der Waals surface area contributed by atoms with Crippen molar-refractivity contribution in [2.45, 2.75) is 25.8 Å². The average molecular weight is 236 g/mol. The van der Waals surface area contributed by atoms with Crippen molar-refractivity contribution in [1.82, 2.24) is 9.62 Å². The second-order valence-electron chi connectivity index (χ2n) is 3.80. The van der Waals surface area contributed by atoms with Crippen LogP contribution < -0.4 is 4.72 Å². The summed E-state index contributed by atoms with van der Waals surface area (Å²) in [6, 6.07) is 0.664. The van der Waals surface area contributed by atoms with Gasteiger partial charge in [-0.1, -0.05) is 6.92 Å². The highest BCUT2D eigenvalue weighted by molar-refractivity contribution is 7.89. The first-order valence-electron chi connectivity index (χ1n) is 5.41. The number of hydrogen-bond acceptors (Lipinski definition) is 4. The molecule has 0 aromatic heterocycles. The van der Waals surface area contributed by atoms with Gasteiger partial charge in [0.05, 0.1) is 12.4 Å². The fraction of sp³-hybridized carbons (Fsp3) is 1.00. The molecule has 1 aliphatic rings. The molecule has 0 saturated heterocycles. The summed E-state index contributed by atoms with van der Waals surface area (Å²) in [5.74, 6) is -0.206. The van der Waals surface area contributed by atoms with Gasteiger partial charge in [-0.3, -0.25) is 4.90 Å². The third-order valence-corrected chi connectivity index (χ3v) is 3.91. The lowest BCUT2D eigenvalue weighted by Gasteiger charge is -2.19. The zero-order chi connectivity index (χ0) is 11.3. The van der Waals surface area contributed by atoms with Gasteiger partial charge in [0.15, 0.2) is 0 Å². The number of rotatable bonds is 8. The van der Waals surface area contributed by atoms with Crippen molar-refractivity contribution in [3.05, 3.63) is 0 Å². The van der Waals surface area contributed by atoms with E-state index in [9.17, 15) is 8.42 Å². The molecular weight excluding hydrogens is 216 g/mol. The smallest absolute Gasteiger partial charge is 0.213 e. The zero-order valence-electron chi connectivity index (χ0n) is 9.15. The SMILES string of the molecule is CCN(CCNS(=O)(=O)CCO)C1CC1. The van der Waals surface area contributed by atoms with Gasteiger partial charge < -0.3 is 5.11 Å². The van der Waals surface area contributed by atoms with Crippen molar-refractivity contribution in [1.29, 1.82) is 0 Å². The van der Waals surface area contributed by atoms with Crippen LogP contribution in [0.15, 0.2) is 0 Å². The van der Waals surface area contributed by atoms with Crippen LogP contribution in [0.3, 0.4) is 0 Å². The van der Waals surface area contributed by atoms with E-state index in [1.54, 1.807) is 0 Å². The molecule has 90 valence electrons. The lowest BCUT2D eigenvalue weighted by Crippen LogP contribution is -2.37. The zero-order valence-corrected chi connectivity index (χ0v) is 9.96. The Hall–Kier alpha value is -0.170. The molecular formula is C9H20N2O3S. The van der Waals surface area contributed by atoms with Crippen LogP contribution in [0.25, 0.3) is 0 Å². The highest BCUT2D eigenvalue weighted by Crippen LogP contribution is 2.25. The number of aliphatic hydroxyl groups is 1. The van der Waals surface area contributed by atoms with Crippen molar-refractivity contribution in [3.8, 4) is 0 Å². The van der Waals surface area contributed by atoms with Crippen LogP contribution >= 0.6 is 0 Å². The number of aliphatic hydroxyl groups excluding tert-OH is 1. The summed E-state index contributed by atoms with van der Waals surface area (Å²) < 4.78 is 24.9. The molecule has 2 N–H and O–H groups in total. The van der Waals surface area contributed by atoms with Crippen LogP contribution in [-0.4, -0.2) is 56.5 Å². The number of sulfonamides is 1. The molecule has 5 nitrogen and oxygen atoms in total. The van der Waals surface area contributed by atoms with Gasteiger partial charge in [-0.05, 0) is 19.4 Å². The van der Waals surface area contributed by atoms with Crippen molar-refractivity contribution in [2.75, 3.05) is 32.0 Å². The number of likely N-dealkylation sites (N-methyl/N-ethyl adjacent to an activating group) is 1. The maximum absolute atomic E-state index is 11.2. The minimum absolute atomic E-state index is 0.206. The third-order valence-electron chi connectivity index (χ3n) is 2.55. The molecule has 0 heterocycles. The van der Waals surface area contributed by atoms with Crippen molar-refractivity contribution < 1.29 is 13.5 Å². The molecule has 1 aliphatic carbocycles. The summed E-state index contributed by atoms with van der Waals surface area (Å²) in [6.45, 7) is 3.92. The monoisotopic (exact) mass is 236 g/mol. The van der Waals surface area contributed by atoms with Gasteiger partial charge >= 0.3 is 0 Å². The van der Waals surface area contributed by atoms with E-state index < -0.39 is 10.0 Å². The van der Waals surface area contributed by atoms with Crippen molar-refractivity contribution in [3.63, 3.8) is 0 Å². The molecule has 0 spiro atoms. The molecule has 6 heteroatoms. The normalized spacial score (nSPS) is 17.3. The lowest BCUT2D eigenvalue weighted by atomic mass is 10.4. The summed E-state index contributed by atoms with van der Waals surface area (Å²) in [5.41, 5.74) is 0. The predicted octanol–water partition coefficient (Wildman–Crippen LogP) is -0.618. The standard InChI is InChI=1S/C9H20N2O3S/c1-2-11(9-3-4-9)6-5-10-15(13,14)8-7-12/h9-10,12H,2-8H2,1H3. The Morgan fingerprint density at radius 2 is 2.13 bits per heavy atom. The number of nitrogens with one attached hydrogen (secondary N) is 1. The Balaban J connectivity index is 2.19. The van der Waals surface area contributed by atoms with Crippen LogP contribution in [0.5, 0.6) is 0 Å². The second kappa shape index (κ2) is 5.79. The van der Waals surface area contributed by atoms with Gasteiger partial charge in [-0.2, -0.15) is 0 Å². The largest absolute Gasteiger partial charge is 0.395 e. The van der Waals surface area contributed by atoms with E-state index in [-0.39, 0.29) is 12.4 Å². The molecule has 1 fully saturated rings. The highest BCUT2D eigenvalue weighted by atomic mass is 32.2. The molecule has 0 aromatic carbocycles. The topological polar surface area (TPSA) is 69.6 Å². The molecule has 0 radical (unpaired) electrons. The van der Waals surface area contributed by atoms with E-state index >= 15 is 0 Å². The lowest BCUT2D eigenvalue weighted by molar-refractivity contribution is 0.282. The van der Waals surface area contributed by atoms with Crippen LogP contribution in [0.2, 0.25) is 0 Å². The van der Waals surface area contributed by atoms with Crippen LogP contribution in [0.4, 0.5) is 0 Å². The van der Waals surface area contributed by atoms with Crippen molar-refractivity contribution >= 4 is 10.0 Å². The van der Waals surface area contributed by atoms with Gasteiger partial charge in [0, 0.05) is 19.1 Å². The van der Waals surface area contributed by atoms with Gasteiger partial charge in [-0.25, -0.2) is 13.1 Å². The molecule has 0 amide bonds. The predicted molar refractivity (Wildman–Crippen MR) is 59.1 cm³/mol. The second-order valence-corrected chi connectivity index (χ2v) is 5.72. The molecule has 15 heavy (non-hydrogen) atoms. The molecule has 0 aliphatic heterocycles. The third kappa shape index (κ3) is 4.92. The van der Waals surface area contributed by atoms with E-state index in [0.29, 0.717) is 12.6 Å². The van der Waals surface area contributed by atoms with E-state index in [2.05, 4.69) is 16.5 Å². The molecule has 0 aromatic rings. The molecule has 0 bridgehead atoms. The summed E-state index contributed by atoms with van der Waals surface area (Å²) in [7, 11) is -3.27. The summed E-state index contributed by atoms with van der Waals surface area (Å²) in [4.78, 5) is 2.28. The Kier molecular flexibility index (Phi) is 4.98.